The van der Waals surface area contributed by atoms with Crippen molar-refractivity contribution in [3.8, 4) is 17.0 Å². The predicted molar refractivity (Wildman–Crippen MR) is 91.9 cm³/mol. The van der Waals surface area contributed by atoms with Crippen LogP contribution in [0, 0.1) is 17.6 Å². The molecule has 0 bridgehead atoms. The molecule has 0 aliphatic carbocycles. The summed E-state index contributed by atoms with van der Waals surface area (Å²) in [4.78, 5) is 4.36. The zero-order chi connectivity index (χ0) is 17.7. The second-order valence-corrected chi connectivity index (χ2v) is 6.15. The third kappa shape index (κ3) is 4.74. The molecule has 130 valence electrons. The number of rotatable bonds is 7. The van der Waals surface area contributed by atoms with Gasteiger partial charge in [-0.2, -0.15) is 0 Å². The lowest BCUT2D eigenvalue weighted by molar-refractivity contribution is 0.338. The molecule has 0 fully saturated rings. The van der Waals surface area contributed by atoms with Crippen molar-refractivity contribution in [1.82, 2.24) is 10.3 Å². The van der Waals surface area contributed by atoms with Crippen molar-refractivity contribution in [3.05, 3.63) is 47.7 Å². The average Bonchev–Trinajstić information content (AvgIpc) is 2.53. The van der Waals surface area contributed by atoms with Crippen molar-refractivity contribution < 1.29 is 13.5 Å². The lowest BCUT2D eigenvalue weighted by Crippen LogP contribution is -2.30. The quantitative estimate of drug-likeness (QED) is 0.806. The SMILES string of the molecule is CCOc1cc(F)cc(-c2ccc(F)c(CN[C@H](C)C(C)C)n2)c1. The molecule has 2 aromatic rings. The van der Waals surface area contributed by atoms with E-state index in [0.717, 1.165) is 0 Å². The monoisotopic (exact) mass is 334 g/mol. The van der Waals surface area contributed by atoms with Crippen LogP contribution in [0.5, 0.6) is 5.75 Å². The number of pyridine rings is 1. The van der Waals surface area contributed by atoms with Crippen LogP contribution in [0.1, 0.15) is 33.4 Å². The molecule has 1 aromatic carbocycles. The van der Waals surface area contributed by atoms with Crippen LogP contribution in [0.15, 0.2) is 30.3 Å². The first-order chi connectivity index (χ1) is 11.4. The number of nitrogens with zero attached hydrogens (tertiary/aromatic N) is 1. The Hall–Kier alpha value is -2.01. The third-order valence-corrected chi connectivity index (χ3v) is 3.99. The molecule has 1 aromatic heterocycles. The van der Waals surface area contributed by atoms with Gasteiger partial charge in [-0.1, -0.05) is 13.8 Å². The van der Waals surface area contributed by atoms with Crippen LogP contribution in [0.25, 0.3) is 11.3 Å². The van der Waals surface area contributed by atoms with Gasteiger partial charge in [0.15, 0.2) is 0 Å². The largest absolute Gasteiger partial charge is 0.494 e. The molecule has 1 atom stereocenters. The first kappa shape index (κ1) is 18.3. The fourth-order valence-electron chi connectivity index (χ4n) is 2.22. The second-order valence-electron chi connectivity index (χ2n) is 6.15. The van der Waals surface area contributed by atoms with Crippen LogP contribution < -0.4 is 10.1 Å². The Labute approximate surface area is 142 Å². The highest BCUT2D eigenvalue weighted by Crippen LogP contribution is 2.25. The number of ether oxygens (including phenoxy) is 1. The Bertz CT molecular complexity index is 689. The Kier molecular flexibility index (Phi) is 6.26. The summed E-state index contributed by atoms with van der Waals surface area (Å²) in [5.41, 5.74) is 1.41. The van der Waals surface area contributed by atoms with Gasteiger partial charge in [0, 0.05) is 24.2 Å². The smallest absolute Gasteiger partial charge is 0.146 e. The maximum atomic E-state index is 14.0. The van der Waals surface area contributed by atoms with Gasteiger partial charge in [0.05, 0.1) is 18.0 Å². The highest BCUT2D eigenvalue weighted by Gasteiger charge is 2.12. The van der Waals surface area contributed by atoms with Crippen LogP contribution in [-0.4, -0.2) is 17.6 Å². The van der Waals surface area contributed by atoms with Crippen LogP contribution in [0.2, 0.25) is 0 Å². The number of nitrogens with one attached hydrogen (secondary N) is 1. The zero-order valence-corrected chi connectivity index (χ0v) is 14.6. The van der Waals surface area contributed by atoms with E-state index in [2.05, 4.69) is 24.1 Å². The molecule has 0 saturated heterocycles. The maximum Gasteiger partial charge on any atom is 0.146 e. The summed E-state index contributed by atoms with van der Waals surface area (Å²) in [5, 5.41) is 3.26. The molecule has 0 radical (unpaired) electrons. The summed E-state index contributed by atoms with van der Waals surface area (Å²) in [6.07, 6.45) is 0. The predicted octanol–water partition coefficient (Wildman–Crippen LogP) is 4.56. The van der Waals surface area contributed by atoms with Gasteiger partial charge in [-0.05, 0) is 44.0 Å². The minimum Gasteiger partial charge on any atom is -0.494 e. The number of aromatic nitrogens is 1. The molecule has 2 rings (SSSR count). The van der Waals surface area contributed by atoms with Gasteiger partial charge in [0.2, 0.25) is 0 Å². The average molecular weight is 334 g/mol. The molecule has 1 heterocycles. The first-order valence-corrected chi connectivity index (χ1v) is 8.23. The van der Waals surface area contributed by atoms with E-state index in [-0.39, 0.29) is 11.9 Å². The zero-order valence-electron chi connectivity index (χ0n) is 14.6. The van der Waals surface area contributed by atoms with Crippen molar-refractivity contribution in [2.45, 2.75) is 40.3 Å². The van der Waals surface area contributed by atoms with E-state index in [9.17, 15) is 8.78 Å². The van der Waals surface area contributed by atoms with Crippen LogP contribution in [0.3, 0.4) is 0 Å². The molecule has 0 spiro atoms. The van der Waals surface area contributed by atoms with Crippen molar-refractivity contribution in [3.63, 3.8) is 0 Å². The van der Waals surface area contributed by atoms with Gasteiger partial charge >= 0.3 is 0 Å². The minimum absolute atomic E-state index is 0.244. The summed E-state index contributed by atoms with van der Waals surface area (Å²) in [5.74, 6) is 0.0961. The van der Waals surface area contributed by atoms with Crippen LogP contribution >= 0.6 is 0 Å². The summed E-state index contributed by atoms with van der Waals surface area (Å²) < 4.78 is 33.1. The van der Waals surface area contributed by atoms with Crippen LogP contribution in [-0.2, 0) is 6.54 Å². The summed E-state index contributed by atoms with van der Waals surface area (Å²) >= 11 is 0. The number of halogens is 2. The van der Waals surface area contributed by atoms with Gasteiger partial charge in [-0.25, -0.2) is 13.8 Å². The lowest BCUT2D eigenvalue weighted by atomic mass is 10.1. The van der Waals surface area contributed by atoms with E-state index in [0.29, 0.717) is 41.8 Å². The van der Waals surface area contributed by atoms with E-state index < -0.39 is 5.82 Å². The fraction of sp³-hybridized carbons (Fsp3) is 0.421. The lowest BCUT2D eigenvalue weighted by Gasteiger charge is -2.17. The van der Waals surface area contributed by atoms with Gasteiger partial charge in [-0.15, -0.1) is 0 Å². The Morgan fingerprint density at radius 2 is 1.88 bits per heavy atom. The van der Waals surface area contributed by atoms with Crippen molar-refractivity contribution in [1.29, 1.82) is 0 Å². The first-order valence-electron chi connectivity index (χ1n) is 8.23. The molecule has 24 heavy (non-hydrogen) atoms. The molecule has 5 heteroatoms. The highest BCUT2D eigenvalue weighted by atomic mass is 19.1. The van der Waals surface area contributed by atoms with Gasteiger partial charge in [-0.3, -0.25) is 0 Å². The molecular weight excluding hydrogens is 310 g/mol. The molecule has 0 aliphatic heterocycles. The summed E-state index contributed by atoms with van der Waals surface area (Å²) in [6, 6.07) is 7.56. The summed E-state index contributed by atoms with van der Waals surface area (Å²) in [7, 11) is 0. The normalized spacial score (nSPS) is 12.5. The molecule has 0 amide bonds. The van der Waals surface area contributed by atoms with Crippen molar-refractivity contribution in [2.24, 2.45) is 5.92 Å². The minimum atomic E-state index is -0.407. The molecular formula is C19H24F2N2O. The maximum absolute atomic E-state index is 14.0. The van der Waals surface area contributed by atoms with E-state index >= 15 is 0 Å². The van der Waals surface area contributed by atoms with E-state index in [1.165, 1.54) is 18.2 Å². The van der Waals surface area contributed by atoms with Gasteiger partial charge in [0.25, 0.3) is 0 Å². The molecule has 0 aliphatic rings. The van der Waals surface area contributed by atoms with Crippen molar-refractivity contribution >= 4 is 0 Å². The van der Waals surface area contributed by atoms with E-state index in [1.54, 1.807) is 12.1 Å². The number of hydrogen-bond acceptors (Lipinski definition) is 3. The Balaban J connectivity index is 2.27. The standard InChI is InChI=1S/C19H24F2N2O/c1-5-24-16-9-14(8-15(20)10-16)18-7-6-17(21)19(23-18)11-22-13(4)12(2)3/h6-10,12-13,22H,5,11H2,1-4H3/t13-/m1/s1. The van der Waals surface area contributed by atoms with E-state index in [4.69, 9.17) is 4.74 Å². The van der Waals surface area contributed by atoms with Gasteiger partial charge < -0.3 is 10.1 Å². The molecule has 1 N–H and O–H groups in total. The number of hydrogen-bond donors (Lipinski definition) is 1. The molecule has 3 nitrogen and oxygen atoms in total. The second kappa shape index (κ2) is 8.20. The van der Waals surface area contributed by atoms with Gasteiger partial charge in [0.1, 0.15) is 17.4 Å². The molecule has 0 unspecified atom stereocenters. The fourth-order valence-corrected chi connectivity index (χ4v) is 2.22. The summed E-state index contributed by atoms with van der Waals surface area (Å²) in [6.45, 7) is 8.85. The Morgan fingerprint density at radius 3 is 2.54 bits per heavy atom. The van der Waals surface area contributed by atoms with E-state index in [1.807, 2.05) is 13.8 Å². The number of benzene rings is 1. The third-order valence-electron chi connectivity index (χ3n) is 3.99. The Morgan fingerprint density at radius 1 is 1.12 bits per heavy atom. The topological polar surface area (TPSA) is 34.1 Å². The highest BCUT2D eigenvalue weighted by molar-refractivity contribution is 5.61. The molecule has 0 saturated carbocycles. The van der Waals surface area contributed by atoms with Crippen molar-refractivity contribution in [2.75, 3.05) is 6.61 Å². The van der Waals surface area contributed by atoms with Crippen LogP contribution in [0.4, 0.5) is 8.78 Å².